The SMILES string of the molecule is CNc1cnc(C[C@@H]2CCCN(C(=O)Cc3cccnc3)CC2)cn1. The van der Waals surface area contributed by atoms with Gasteiger partial charge < -0.3 is 10.2 Å². The van der Waals surface area contributed by atoms with Gasteiger partial charge >= 0.3 is 0 Å². The van der Waals surface area contributed by atoms with Crippen molar-refractivity contribution in [2.75, 3.05) is 25.5 Å². The highest BCUT2D eigenvalue weighted by Gasteiger charge is 2.21. The molecule has 1 fully saturated rings. The standard InChI is InChI=1S/C19H25N5O/c1-20-18-14-22-17(13-23-18)10-15-5-3-8-24(9-6-15)19(25)11-16-4-2-7-21-12-16/h2,4,7,12-15H,3,5-6,8-11H2,1H3,(H,20,23)/t15-/m1/s1. The number of rotatable bonds is 5. The van der Waals surface area contributed by atoms with Crippen molar-refractivity contribution in [1.82, 2.24) is 19.9 Å². The molecular weight excluding hydrogens is 314 g/mol. The third kappa shape index (κ3) is 4.98. The highest BCUT2D eigenvalue weighted by atomic mass is 16.2. The fourth-order valence-corrected chi connectivity index (χ4v) is 3.29. The van der Waals surface area contributed by atoms with Crippen molar-refractivity contribution in [3.8, 4) is 0 Å². The zero-order valence-corrected chi connectivity index (χ0v) is 14.7. The lowest BCUT2D eigenvalue weighted by Crippen LogP contribution is -2.33. The molecule has 1 amide bonds. The Balaban J connectivity index is 1.52. The predicted molar refractivity (Wildman–Crippen MR) is 97.1 cm³/mol. The second-order valence-corrected chi connectivity index (χ2v) is 6.56. The molecule has 0 aliphatic carbocycles. The molecule has 3 rings (SSSR count). The summed E-state index contributed by atoms with van der Waals surface area (Å²) in [5.74, 6) is 1.55. The van der Waals surface area contributed by atoms with Crippen LogP contribution in [0, 0.1) is 5.92 Å². The zero-order chi connectivity index (χ0) is 17.5. The number of carbonyl (C=O) groups is 1. The number of hydrogen-bond donors (Lipinski definition) is 1. The zero-order valence-electron chi connectivity index (χ0n) is 14.7. The minimum atomic E-state index is 0.201. The number of pyridine rings is 1. The van der Waals surface area contributed by atoms with Crippen LogP contribution in [0.4, 0.5) is 5.82 Å². The number of carbonyl (C=O) groups excluding carboxylic acids is 1. The van der Waals surface area contributed by atoms with Crippen molar-refractivity contribution in [2.24, 2.45) is 5.92 Å². The Kier molecular flexibility index (Phi) is 5.93. The summed E-state index contributed by atoms with van der Waals surface area (Å²) in [6.45, 7) is 1.67. The van der Waals surface area contributed by atoms with E-state index in [1.165, 1.54) is 0 Å². The van der Waals surface area contributed by atoms with Gasteiger partial charge in [-0.25, -0.2) is 4.98 Å². The largest absolute Gasteiger partial charge is 0.372 e. The molecule has 132 valence electrons. The van der Waals surface area contributed by atoms with E-state index >= 15 is 0 Å². The lowest BCUT2D eigenvalue weighted by Gasteiger charge is -2.20. The highest BCUT2D eigenvalue weighted by Crippen LogP contribution is 2.21. The Morgan fingerprint density at radius 2 is 2.16 bits per heavy atom. The summed E-state index contributed by atoms with van der Waals surface area (Å²) in [5.41, 5.74) is 2.01. The Hall–Kier alpha value is -2.50. The number of nitrogens with zero attached hydrogens (tertiary/aromatic N) is 4. The van der Waals surface area contributed by atoms with Crippen molar-refractivity contribution < 1.29 is 4.79 Å². The summed E-state index contributed by atoms with van der Waals surface area (Å²) in [6.07, 6.45) is 11.7. The fraction of sp³-hybridized carbons (Fsp3) is 0.474. The summed E-state index contributed by atoms with van der Waals surface area (Å²) >= 11 is 0. The minimum absolute atomic E-state index is 0.201. The molecule has 6 heteroatoms. The Morgan fingerprint density at radius 1 is 1.24 bits per heavy atom. The van der Waals surface area contributed by atoms with Gasteiger partial charge in [0.15, 0.2) is 0 Å². The molecule has 1 N–H and O–H groups in total. The summed E-state index contributed by atoms with van der Waals surface area (Å²) in [7, 11) is 1.84. The Bertz CT molecular complexity index is 674. The maximum atomic E-state index is 12.5. The van der Waals surface area contributed by atoms with Gasteiger partial charge in [0.25, 0.3) is 0 Å². The van der Waals surface area contributed by atoms with E-state index in [-0.39, 0.29) is 5.91 Å². The van der Waals surface area contributed by atoms with Crippen LogP contribution in [0.5, 0.6) is 0 Å². The molecular formula is C19H25N5O. The van der Waals surface area contributed by atoms with Crippen LogP contribution in [-0.2, 0) is 17.6 Å². The van der Waals surface area contributed by atoms with Crippen molar-refractivity contribution in [2.45, 2.75) is 32.1 Å². The number of amides is 1. The molecule has 0 unspecified atom stereocenters. The van der Waals surface area contributed by atoms with Gasteiger partial charge in [-0.15, -0.1) is 0 Å². The molecule has 0 aromatic carbocycles. The molecule has 1 atom stereocenters. The second kappa shape index (κ2) is 8.55. The normalized spacial score (nSPS) is 17.8. The number of hydrogen-bond acceptors (Lipinski definition) is 5. The summed E-state index contributed by atoms with van der Waals surface area (Å²) in [4.78, 5) is 27.4. The van der Waals surface area contributed by atoms with Gasteiger partial charge in [-0.2, -0.15) is 0 Å². The topological polar surface area (TPSA) is 71.0 Å². The average molecular weight is 339 g/mol. The van der Waals surface area contributed by atoms with Crippen LogP contribution >= 0.6 is 0 Å². The molecule has 3 heterocycles. The lowest BCUT2D eigenvalue weighted by atomic mass is 9.95. The van der Waals surface area contributed by atoms with Crippen LogP contribution in [0.1, 0.15) is 30.5 Å². The Labute approximate surface area is 148 Å². The fourth-order valence-electron chi connectivity index (χ4n) is 3.29. The third-order valence-corrected chi connectivity index (χ3v) is 4.74. The highest BCUT2D eigenvalue weighted by molar-refractivity contribution is 5.78. The van der Waals surface area contributed by atoms with E-state index in [0.717, 1.165) is 55.8 Å². The van der Waals surface area contributed by atoms with Crippen LogP contribution in [-0.4, -0.2) is 45.9 Å². The third-order valence-electron chi connectivity index (χ3n) is 4.74. The first-order valence-corrected chi connectivity index (χ1v) is 8.90. The minimum Gasteiger partial charge on any atom is -0.372 e. The molecule has 1 aliphatic rings. The van der Waals surface area contributed by atoms with Crippen molar-refractivity contribution >= 4 is 11.7 Å². The molecule has 0 spiro atoms. The first kappa shape index (κ1) is 17.3. The average Bonchev–Trinajstić information content (AvgIpc) is 2.89. The molecule has 6 nitrogen and oxygen atoms in total. The predicted octanol–water partition coefficient (Wildman–Crippen LogP) is 2.33. The summed E-state index contributed by atoms with van der Waals surface area (Å²) in [6, 6.07) is 3.83. The molecule has 0 saturated carbocycles. The van der Waals surface area contributed by atoms with Crippen LogP contribution in [0.3, 0.4) is 0 Å². The van der Waals surface area contributed by atoms with Crippen LogP contribution < -0.4 is 5.32 Å². The second-order valence-electron chi connectivity index (χ2n) is 6.56. The first-order valence-electron chi connectivity index (χ1n) is 8.90. The molecule has 1 aliphatic heterocycles. The van der Waals surface area contributed by atoms with E-state index in [9.17, 15) is 4.79 Å². The maximum absolute atomic E-state index is 12.5. The number of aromatic nitrogens is 3. The quantitative estimate of drug-likeness (QED) is 0.905. The molecule has 0 radical (unpaired) electrons. The van der Waals surface area contributed by atoms with Crippen LogP contribution in [0.25, 0.3) is 0 Å². The maximum Gasteiger partial charge on any atom is 0.227 e. The van der Waals surface area contributed by atoms with E-state index in [0.29, 0.717) is 12.3 Å². The molecule has 0 bridgehead atoms. The van der Waals surface area contributed by atoms with Crippen molar-refractivity contribution in [1.29, 1.82) is 0 Å². The Morgan fingerprint density at radius 3 is 2.88 bits per heavy atom. The summed E-state index contributed by atoms with van der Waals surface area (Å²) in [5, 5.41) is 2.98. The lowest BCUT2D eigenvalue weighted by molar-refractivity contribution is -0.130. The number of anilines is 1. The van der Waals surface area contributed by atoms with Crippen molar-refractivity contribution in [3.05, 3.63) is 48.2 Å². The van der Waals surface area contributed by atoms with E-state index < -0.39 is 0 Å². The van der Waals surface area contributed by atoms with Gasteiger partial charge in [0.2, 0.25) is 5.91 Å². The van der Waals surface area contributed by atoms with E-state index in [4.69, 9.17) is 0 Å². The number of likely N-dealkylation sites (tertiary alicyclic amines) is 1. The molecule has 25 heavy (non-hydrogen) atoms. The van der Waals surface area contributed by atoms with E-state index in [1.54, 1.807) is 18.6 Å². The van der Waals surface area contributed by atoms with E-state index in [1.807, 2.05) is 30.3 Å². The first-order chi connectivity index (χ1) is 12.2. The smallest absolute Gasteiger partial charge is 0.227 e. The number of nitrogens with one attached hydrogen (secondary N) is 1. The van der Waals surface area contributed by atoms with Gasteiger partial charge in [0, 0.05) is 32.5 Å². The van der Waals surface area contributed by atoms with Gasteiger partial charge in [-0.1, -0.05) is 6.07 Å². The molecule has 2 aromatic heterocycles. The monoisotopic (exact) mass is 339 g/mol. The van der Waals surface area contributed by atoms with Crippen LogP contribution in [0.15, 0.2) is 36.9 Å². The van der Waals surface area contributed by atoms with E-state index in [2.05, 4.69) is 20.3 Å². The summed E-state index contributed by atoms with van der Waals surface area (Å²) < 4.78 is 0. The molecule has 1 saturated heterocycles. The van der Waals surface area contributed by atoms with Gasteiger partial charge in [-0.3, -0.25) is 14.8 Å². The van der Waals surface area contributed by atoms with Gasteiger partial charge in [-0.05, 0) is 43.2 Å². The molecule has 2 aromatic rings. The van der Waals surface area contributed by atoms with Crippen molar-refractivity contribution in [3.63, 3.8) is 0 Å². The van der Waals surface area contributed by atoms with Gasteiger partial charge in [0.05, 0.1) is 24.5 Å². The van der Waals surface area contributed by atoms with Crippen LogP contribution in [0.2, 0.25) is 0 Å². The van der Waals surface area contributed by atoms with Gasteiger partial charge in [0.1, 0.15) is 5.82 Å².